The maximum atomic E-state index is 5.97. The zero-order valence-electron chi connectivity index (χ0n) is 14.8. The van der Waals surface area contributed by atoms with E-state index in [1.54, 1.807) is 17.5 Å². The molecule has 28 heavy (non-hydrogen) atoms. The van der Waals surface area contributed by atoms with Gasteiger partial charge in [0.05, 0.1) is 11.6 Å². The van der Waals surface area contributed by atoms with Crippen LogP contribution in [0.15, 0.2) is 83.0 Å². The molecule has 0 aliphatic rings. The first-order chi connectivity index (χ1) is 13.9. The summed E-state index contributed by atoms with van der Waals surface area (Å²) in [5, 5.41) is 2.99. The van der Waals surface area contributed by atoms with Crippen LogP contribution in [0.3, 0.4) is 0 Å². The van der Waals surface area contributed by atoms with Gasteiger partial charge in [0.1, 0.15) is 11.2 Å². The molecule has 2 aromatic carbocycles. The van der Waals surface area contributed by atoms with E-state index in [9.17, 15) is 0 Å². The molecule has 0 amide bonds. The number of hydrogen-bond donors (Lipinski definition) is 0. The molecule has 5 rings (SSSR count). The topological polar surface area (TPSA) is 61.0 Å². The van der Waals surface area contributed by atoms with Gasteiger partial charge in [-0.1, -0.05) is 60.7 Å². The third kappa shape index (κ3) is 3.14. The molecular formula is C22H15N3O2S. The van der Waals surface area contributed by atoms with Gasteiger partial charge >= 0.3 is 0 Å². The van der Waals surface area contributed by atoms with Crippen molar-refractivity contribution in [1.29, 1.82) is 0 Å². The second kappa shape index (κ2) is 7.25. The number of nitrogens with zero attached hydrogens (tertiary/aromatic N) is 3. The summed E-state index contributed by atoms with van der Waals surface area (Å²) >= 11 is 1.58. The Morgan fingerprint density at radius 3 is 2.39 bits per heavy atom. The van der Waals surface area contributed by atoms with Crippen LogP contribution in [0, 0.1) is 0 Å². The van der Waals surface area contributed by atoms with Crippen molar-refractivity contribution >= 4 is 21.6 Å². The van der Waals surface area contributed by atoms with E-state index in [1.807, 2.05) is 48.5 Å². The van der Waals surface area contributed by atoms with Gasteiger partial charge in [-0.05, 0) is 5.56 Å². The number of fused-ring (bicyclic) bond motifs is 1. The summed E-state index contributed by atoms with van der Waals surface area (Å²) < 4.78 is 11.8. The summed E-state index contributed by atoms with van der Waals surface area (Å²) in [6, 6.07) is 20.0. The van der Waals surface area contributed by atoms with Crippen molar-refractivity contribution in [2.75, 3.05) is 0 Å². The molecule has 0 N–H and O–H groups in total. The van der Waals surface area contributed by atoms with E-state index in [0.717, 1.165) is 26.9 Å². The van der Waals surface area contributed by atoms with Gasteiger partial charge in [-0.25, -0.2) is 15.0 Å². The zero-order valence-corrected chi connectivity index (χ0v) is 15.6. The summed E-state index contributed by atoms with van der Waals surface area (Å²) in [5.41, 5.74) is 3.15. The van der Waals surface area contributed by atoms with Gasteiger partial charge in [-0.3, -0.25) is 0 Å². The Kier molecular flexibility index (Phi) is 4.31. The minimum atomic E-state index is 0.197. The maximum Gasteiger partial charge on any atom is 0.233 e. The van der Waals surface area contributed by atoms with Crippen LogP contribution in [-0.2, 0) is 6.61 Å². The van der Waals surface area contributed by atoms with Crippen molar-refractivity contribution < 1.29 is 9.15 Å². The van der Waals surface area contributed by atoms with Crippen LogP contribution >= 0.6 is 11.3 Å². The highest BCUT2D eigenvalue weighted by molar-refractivity contribution is 7.17. The molecule has 0 fully saturated rings. The summed E-state index contributed by atoms with van der Waals surface area (Å²) in [7, 11) is 0. The number of ether oxygens (including phenoxy) is 1. The fourth-order valence-electron chi connectivity index (χ4n) is 3.03. The molecule has 0 saturated carbocycles. The number of oxazole rings is 1. The van der Waals surface area contributed by atoms with Gasteiger partial charge in [-0.2, -0.15) is 0 Å². The molecule has 0 atom stereocenters. The SMILES string of the molecule is c1ccc(-c2cnc(COc3ncnc4scc(-c5ccccc5)c34)o2)cc1. The van der Waals surface area contributed by atoms with E-state index in [-0.39, 0.29) is 6.61 Å². The normalized spacial score (nSPS) is 11.0. The fourth-order valence-corrected chi connectivity index (χ4v) is 3.94. The van der Waals surface area contributed by atoms with Crippen LogP contribution < -0.4 is 4.74 Å². The van der Waals surface area contributed by atoms with Crippen LogP contribution in [0.25, 0.3) is 32.7 Å². The van der Waals surface area contributed by atoms with Crippen LogP contribution in [0.5, 0.6) is 5.88 Å². The minimum absolute atomic E-state index is 0.197. The van der Waals surface area contributed by atoms with E-state index in [4.69, 9.17) is 9.15 Å². The molecule has 0 aliphatic carbocycles. The lowest BCUT2D eigenvalue weighted by Gasteiger charge is -2.06. The van der Waals surface area contributed by atoms with Crippen LogP contribution in [0.4, 0.5) is 0 Å². The van der Waals surface area contributed by atoms with Crippen LogP contribution in [-0.4, -0.2) is 15.0 Å². The van der Waals surface area contributed by atoms with E-state index in [1.165, 1.54) is 6.33 Å². The van der Waals surface area contributed by atoms with Gasteiger partial charge in [0.15, 0.2) is 12.4 Å². The molecule has 136 valence electrons. The van der Waals surface area contributed by atoms with Crippen LogP contribution in [0.1, 0.15) is 5.89 Å². The molecule has 3 heterocycles. The molecule has 0 bridgehead atoms. The second-order valence-corrected chi connectivity index (χ2v) is 7.01. The second-order valence-electron chi connectivity index (χ2n) is 6.15. The highest BCUT2D eigenvalue weighted by Gasteiger charge is 2.15. The standard InChI is InChI=1S/C22H15N3O2S/c1-3-7-15(8-4-1)17-13-28-22-20(17)21(24-14-25-22)26-12-19-23-11-18(27-19)16-9-5-2-6-10-16/h1-11,13-14H,12H2. The Labute approximate surface area is 165 Å². The first kappa shape index (κ1) is 16.6. The Hall–Kier alpha value is -3.51. The molecule has 6 heteroatoms. The fraction of sp³-hybridized carbons (Fsp3) is 0.0455. The van der Waals surface area contributed by atoms with Crippen molar-refractivity contribution in [2.45, 2.75) is 6.61 Å². The molecule has 0 aliphatic heterocycles. The molecule has 5 aromatic rings. The van der Waals surface area contributed by atoms with Gasteiger partial charge in [-0.15, -0.1) is 11.3 Å². The number of aromatic nitrogens is 3. The van der Waals surface area contributed by atoms with Crippen molar-refractivity contribution in [3.63, 3.8) is 0 Å². The Morgan fingerprint density at radius 1 is 0.857 bits per heavy atom. The van der Waals surface area contributed by atoms with E-state index in [0.29, 0.717) is 17.5 Å². The highest BCUT2D eigenvalue weighted by Crippen LogP contribution is 2.37. The number of thiophene rings is 1. The molecule has 0 spiro atoms. The van der Waals surface area contributed by atoms with Gasteiger partial charge in [0.25, 0.3) is 0 Å². The number of benzene rings is 2. The van der Waals surface area contributed by atoms with E-state index >= 15 is 0 Å². The average molecular weight is 385 g/mol. The van der Waals surface area contributed by atoms with Crippen molar-refractivity contribution in [1.82, 2.24) is 15.0 Å². The lowest BCUT2D eigenvalue weighted by atomic mass is 10.1. The zero-order chi connectivity index (χ0) is 18.8. The van der Waals surface area contributed by atoms with Crippen molar-refractivity contribution in [3.05, 3.63) is 84.5 Å². The summed E-state index contributed by atoms with van der Waals surface area (Å²) in [5.74, 6) is 1.75. The minimum Gasteiger partial charge on any atom is -0.467 e. The van der Waals surface area contributed by atoms with Crippen molar-refractivity contribution in [3.8, 4) is 28.3 Å². The largest absolute Gasteiger partial charge is 0.467 e. The third-order valence-corrected chi connectivity index (χ3v) is 5.25. The maximum absolute atomic E-state index is 5.97. The average Bonchev–Trinajstić information content (AvgIpc) is 3.41. The Morgan fingerprint density at radius 2 is 1.61 bits per heavy atom. The van der Waals surface area contributed by atoms with E-state index in [2.05, 4.69) is 32.5 Å². The van der Waals surface area contributed by atoms with Gasteiger partial charge < -0.3 is 9.15 Å². The summed E-state index contributed by atoms with van der Waals surface area (Å²) in [6.07, 6.45) is 3.23. The molecule has 0 unspecified atom stereocenters. The molecule has 3 aromatic heterocycles. The summed E-state index contributed by atoms with van der Waals surface area (Å²) in [6.45, 7) is 0.197. The molecule has 0 radical (unpaired) electrons. The Balaban J connectivity index is 1.43. The van der Waals surface area contributed by atoms with Crippen LogP contribution in [0.2, 0.25) is 0 Å². The first-order valence-corrected chi connectivity index (χ1v) is 9.67. The lowest BCUT2D eigenvalue weighted by Crippen LogP contribution is -1.98. The van der Waals surface area contributed by atoms with Crippen molar-refractivity contribution in [2.24, 2.45) is 0 Å². The Bertz CT molecular complexity index is 1220. The molecule has 0 saturated heterocycles. The number of hydrogen-bond acceptors (Lipinski definition) is 6. The monoisotopic (exact) mass is 385 g/mol. The predicted octanol–water partition coefficient (Wildman–Crippen LogP) is 5.59. The first-order valence-electron chi connectivity index (χ1n) is 8.79. The quantitative estimate of drug-likeness (QED) is 0.394. The number of rotatable bonds is 5. The highest BCUT2D eigenvalue weighted by atomic mass is 32.1. The lowest BCUT2D eigenvalue weighted by molar-refractivity contribution is 0.258. The molecular weight excluding hydrogens is 370 g/mol. The van der Waals surface area contributed by atoms with E-state index < -0.39 is 0 Å². The molecule has 5 nitrogen and oxygen atoms in total. The summed E-state index contributed by atoms with van der Waals surface area (Å²) in [4.78, 5) is 13.9. The van der Waals surface area contributed by atoms with Gasteiger partial charge in [0.2, 0.25) is 11.8 Å². The third-order valence-electron chi connectivity index (χ3n) is 4.36. The van der Waals surface area contributed by atoms with Gasteiger partial charge in [0, 0.05) is 16.5 Å². The smallest absolute Gasteiger partial charge is 0.233 e. The predicted molar refractivity (Wildman–Crippen MR) is 109 cm³/mol.